The van der Waals surface area contributed by atoms with Gasteiger partial charge < -0.3 is 4.90 Å². The molecule has 0 bridgehead atoms. The van der Waals surface area contributed by atoms with Crippen molar-refractivity contribution in [1.82, 2.24) is 14.7 Å². The zero-order valence-electron chi connectivity index (χ0n) is 11.8. The van der Waals surface area contributed by atoms with E-state index in [1.165, 1.54) is 10.7 Å². The van der Waals surface area contributed by atoms with Crippen LogP contribution in [0.2, 0.25) is 0 Å². The molecule has 2 rings (SSSR count). The number of hydrogen-bond donors (Lipinski definition) is 0. The van der Waals surface area contributed by atoms with E-state index in [2.05, 4.69) is 5.10 Å². The van der Waals surface area contributed by atoms with E-state index in [1.807, 2.05) is 13.8 Å². The Bertz CT molecular complexity index is 516. The van der Waals surface area contributed by atoms with Crippen molar-refractivity contribution in [3.8, 4) is 0 Å². The summed E-state index contributed by atoms with van der Waals surface area (Å²) in [5, 5.41) is 4.36. The third-order valence-electron chi connectivity index (χ3n) is 3.64. The number of likely N-dealkylation sites (N-methyl/N-ethyl adjacent to an activating group) is 1. The molecule has 1 heterocycles. The molecule has 5 heteroatoms. The lowest BCUT2D eigenvalue weighted by molar-refractivity contribution is -0.134. The number of rotatable bonds is 5. The predicted octanol–water partition coefficient (Wildman–Crippen LogP) is 1.55. The molecule has 0 saturated heterocycles. The molecule has 1 unspecified atom stereocenters. The highest BCUT2D eigenvalue weighted by molar-refractivity contribution is 5.79. The lowest BCUT2D eigenvalue weighted by atomic mass is 10.2. The van der Waals surface area contributed by atoms with Crippen molar-refractivity contribution >= 4 is 5.91 Å². The van der Waals surface area contributed by atoms with Crippen LogP contribution in [0, 0.1) is 0 Å². The summed E-state index contributed by atoms with van der Waals surface area (Å²) >= 11 is 0. The minimum atomic E-state index is -0.536. The van der Waals surface area contributed by atoms with E-state index in [0.29, 0.717) is 19.0 Å². The molecule has 0 aromatic carbocycles. The number of amides is 1. The number of aromatic nitrogens is 2. The van der Waals surface area contributed by atoms with Gasteiger partial charge in [-0.05, 0) is 39.7 Å². The average molecular weight is 263 g/mol. The SMILES string of the molecule is CCN(CC)C(=O)C(C)n1nc(C2CC2)ccc1=O. The maximum Gasteiger partial charge on any atom is 0.267 e. The molecular weight excluding hydrogens is 242 g/mol. The summed E-state index contributed by atoms with van der Waals surface area (Å²) in [4.78, 5) is 25.9. The zero-order valence-corrected chi connectivity index (χ0v) is 11.8. The maximum atomic E-state index is 12.3. The van der Waals surface area contributed by atoms with Crippen LogP contribution >= 0.6 is 0 Å². The Morgan fingerprint density at radius 3 is 2.58 bits per heavy atom. The Morgan fingerprint density at radius 2 is 2.05 bits per heavy atom. The molecule has 5 nitrogen and oxygen atoms in total. The third-order valence-corrected chi connectivity index (χ3v) is 3.64. The van der Waals surface area contributed by atoms with Crippen molar-refractivity contribution in [2.45, 2.75) is 45.6 Å². The van der Waals surface area contributed by atoms with Crippen LogP contribution in [0.3, 0.4) is 0 Å². The van der Waals surface area contributed by atoms with Crippen molar-refractivity contribution in [2.75, 3.05) is 13.1 Å². The molecule has 104 valence electrons. The van der Waals surface area contributed by atoms with Gasteiger partial charge in [-0.15, -0.1) is 0 Å². The van der Waals surface area contributed by atoms with Gasteiger partial charge in [0, 0.05) is 25.1 Å². The van der Waals surface area contributed by atoms with Crippen molar-refractivity contribution in [3.63, 3.8) is 0 Å². The first-order chi connectivity index (χ1) is 9.08. The lowest BCUT2D eigenvalue weighted by Crippen LogP contribution is -2.40. The average Bonchev–Trinajstić information content (AvgIpc) is 3.24. The Hall–Kier alpha value is -1.65. The van der Waals surface area contributed by atoms with Gasteiger partial charge in [-0.25, -0.2) is 4.68 Å². The van der Waals surface area contributed by atoms with Gasteiger partial charge in [0.15, 0.2) is 0 Å². The first-order valence-corrected chi connectivity index (χ1v) is 6.97. The van der Waals surface area contributed by atoms with E-state index in [-0.39, 0.29) is 11.5 Å². The van der Waals surface area contributed by atoms with Crippen molar-refractivity contribution < 1.29 is 4.79 Å². The molecule has 1 saturated carbocycles. The molecule has 1 amide bonds. The van der Waals surface area contributed by atoms with Crippen molar-refractivity contribution in [3.05, 3.63) is 28.2 Å². The van der Waals surface area contributed by atoms with E-state index in [4.69, 9.17) is 0 Å². The van der Waals surface area contributed by atoms with Crippen LogP contribution in [0.15, 0.2) is 16.9 Å². The quantitative estimate of drug-likeness (QED) is 0.810. The third kappa shape index (κ3) is 2.85. The predicted molar refractivity (Wildman–Crippen MR) is 73.1 cm³/mol. The molecule has 0 aliphatic heterocycles. The number of carbonyl (C=O) groups excluding carboxylic acids is 1. The molecule has 0 spiro atoms. The summed E-state index contributed by atoms with van der Waals surface area (Å²) in [5.41, 5.74) is 0.719. The lowest BCUT2D eigenvalue weighted by Gasteiger charge is -2.23. The molecule has 0 N–H and O–H groups in total. The van der Waals surface area contributed by atoms with Gasteiger partial charge >= 0.3 is 0 Å². The van der Waals surface area contributed by atoms with Crippen LogP contribution in [-0.2, 0) is 4.79 Å². The van der Waals surface area contributed by atoms with E-state index in [0.717, 1.165) is 18.5 Å². The van der Waals surface area contributed by atoms with Crippen LogP contribution in [0.5, 0.6) is 0 Å². The zero-order chi connectivity index (χ0) is 14.0. The summed E-state index contributed by atoms with van der Waals surface area (Å²) < 4.78 is 1.33. The monoisotopic (exact) mass is 263 g/mol. The second-order valence-corrected chi connectivity index (χ2v) is 5.00. The topological polar surface area (TPSA) is 55.2 Å². The van der Waals surface area contributed by atoms with E-state index < -0.39 is 6.04 Å². The molecule has 1 atom stereocenters. The van der Waals surface area contributed by atoms with E-state index in [9.17, 15) is 9.59 Å². The molecule has 1 aromatic heterocycles. The molecule has 1 aromatic rings. The Labute approximate surface area is 113 Å². The van der Waals surface area contributed by atoms with Crippen LogP contribution < -0.4 is 5.56 Å². The Morgan fingerprint density at radius 1 is 1.42 bits per heavy atom. The molecule has 1 aliphatic carbocycles. The largest absolute Gasteiger partial charge is 0.341 e. The van der Waals surface area contributed by atoms with Crippen LogP contribution in [-0.4, -0.2) is 33.7 Å². The Kier molecular flexibility index (Phi) is 4.02. The summed E-state index contributed by atoms with van der Waals surface area (Å²) in [6, 6.07) is 2.77. The fraction of sp³-hybridized carbons (Fsp3) is 0.643. The molecular formula is C14H21N3O2. The number of hydrogen-bond acceptors (Lipinski definition) is 3. The fourth-order valence-electron chi connectivity index (χ4n) is 2.22. The number of carbonyl (C=O) groups is 1. The van der Waals surface area contributed by atoms with Crippen LogP contribution in [0.4, 0.5) is 0 Å². The summed E-state index contributed by atoms with van der Waals surface area (Å²) in [5.74, 6) is 0.426. The second kappa shape index (κ2) is 5.55. The highest BCUT2D eigenvalue weighted by Gasteiger charge is 2.27. The molecule has 1 aliphatic rings. The van der Waals surface area contributed by atoms with E-state index >= 15 is 0 Å². The first-order valence-electron chi connectivity index (χ1n) is 6.97. The minimum Gasteiger partial charge on any atom is -0.341 e. The second-order valence-electron chi connectivity index (χ2n) is 5.00. The van der Waals surface area contributed by atoms with Gasteiger partial charge in [-0.3, -0.25) is 9.59 Å². The van der Waals surface area contributed by atoms with Crippen molar-refractivity contribution in [1.29, 1.82) is 0 Å². The normalized spacial score (nSPS) is 16.2. The Balaban J connectivity index is 2.26. The number of nitrogens with zero attached hydrogens (tertiary/aromatic N) is 3. The van der Waals surface area contributed by atoms with Gasteiger partial charge in [0.2, 0.25) is 5.91 Å². The minimum absolute atomic E-state index is 0.0486. The van der Waals surface area contributed by atoms with Crippen LogP contribution in [0.25, 0.3) is 0 Å². The smallest absolute Gasteiger partial charge is 0.267 e. The van der Waals surface area contributed by atoms with Gasteiger partial charge in [0.25, 0.3) is 5.56 Å². The van der Waals surface area contributed by atoms with E-state index in [1.54, 1.807) is 17.9 Å². The molecule has 0 radical (unpaired) electrons. The van der Waals surface area contributed by atoms with Gasteiger partial charge in [-0.2, -0.15) is 5.10 Å². The highest BCUT2D eigenvalue weighted by Crippen LogP contribution is 2.38. The summed E-state index contributed by atoms with van der Waals surface area (Å²) in [7, 11) is 0. The van der Waals surface area contributed by atoms with Gasteiger partial charge in [-0.1, -0.05) is 0 Å². The van der Waals surface area contributed by atoms with Crippen LogP contribution in [0.1, 0.15) is 51.3 Å². The van der Waals surface area contributed by atoms with Gasteiger partial charge in [0.05, 0.1) is 5.69 Å². The van der Waals surface area contributed by atoms with Gasteiger partial charge in [0.1, 0.15) is 6.04 Å². The van der Waals surface area contributed by atoms with Crippen molar-refractivity contribution in [2.24, 2.45) is 0 Å². The summed E-state index contributed by atoms with van der Waals surface area (Å²) in [6.07, 6.45) is 2.26. The fourth-order valence-corrected chi connectivity index (χ4v) is 2.22. The standard InChI is InChI=1S/C14H21N3O2/c1-4-16(5-2)14(19)10(3)17-13(18)9-8-12(15-17)11-6-7-11/h8-11H,4-7H2,1-3H3. The highest BCUT2D eigenvalue weighted by atomic mass is 16.2. The molecule has 19 heavy (non-hydrogen) atoms. The summed E-state index contributed by atoms with van der Waals surface area (Å²) in [6.45, 7) is 6.91. The molecule has 1 fully saturated rings. The maximum absolute atomic E-state index is 12.3. The first kappa shape index (κ1) is 13.8.